The Hall–Kier alpha value is -3.58. The molecule has 1 atom stereocenters. The first kappa shape index (κ1) is 18.8. The number of carbonyl (C=O) groups excluding carboxylic acids is 1. The third kappa shape index (κ3) is 4.30. The largest absolute Gasteiger partial charge is 0.322 e. The second-order valence-electron chi connectivity index (χ2n) is 7.05. The van der Waals surface area contributed by atoms with E-state index in [1.165, 1.54) is 0 Å². The minimum atomic E-state index is -0.138. The highest BCUT2D eigenvalue weighted by atomic mass is 16.1. The summed E-state index contributed by atoms with van der Waals surface area (Å²) in [7, 11) is 2.04. The maximum Gasteiger partial charge on any atom is 0.255 e. The zero-order chi connectivity index (χ0) is 20.2. The van der Waals surface area contributed by atoms with E-state index in [2.05, 4.69) is 37.3 Å². The number of carbonyl (C=O) groups is 1. The van der Waals surface area contributed by atoms with Crippen LogP contribution in [0, 0.1) is 0 Å². The molecule has 7 nitrogen and oxygen atoms in total. The van der Waals surface area contributed by atoms with Crippen LogP contribution in [0.25, 0.3) is 10.9 Å². The Balaban J connectivity index is 1.45. The van der Waals surface area contributed by atoms with E-state index in [1.807, 2.05) is 55.6 Å². The molecule has 0 spiro atoms. The van der Waals surface area contributed by atoms with Gasteiger partial charge < -0.3 is 5.32 Å². The van der Waals surface area contributed by atoms with Crippen LogP contribution in [0.15, 0.2) is 67.3 Å². The number of amides is 1. The van der Waals surface area contributed by atoms with Crippen LogP contribution in [0.3, 0.4) is 0 Å². The number of hydrogen-bond acceptors (Lipinski definition) is 5. The average molecular weight is 386 g/mol. The standard InChI is InChI=1S/C22H22N6O/c1-15(20-8-9-23-14-24-20)28(2)13-16-4-3-5-17(10-16)22(29)26-19-6-7-21-18(11-19)12-25-27-21/h3-12,14-15H,13H2,1-2H3,(H,25,27)(H,26,29)/t15-/m1/s1. The molecule has 2 heterocycles. The third-order valence-corrected chi connectivity index (χ3v) is 5.01. The van der Waals surface area contributed by atoms with Crippen LogP contribution in [0.2, 0.25) is 0 Å². The first-order chi connectivity index (χ1) is 14.1. The van der Waals surface area contributed by atoms with E-state index in [0.29, 0.717) is 12.1 Å². The lowest BCUT2D eigenvalue weighted by Crippen LogP contribution is -2.23. The Morgan fingerprint density at radius 3 is 2.93 bits per heavy atom. The molecule has 146 valence electrons. The second kappa shape index (κ2) is 8.20. The molecule has 7 heteroatoms. The molecular formula is C22H22N6O. The summed E-state index contributed by atoms with van der Waals surface area (Å²) in [6.07, 6.45) is 5.05. The first-order valence-electron chi connectivity index (χ1n) is 9.40. The Labute approximate surface area is 168 Å². The molecule has 0 saturated carbocycles. The first-order valence-corrected chi connectivity index (χ1v) is 9.40. The van der Waals surface area contributed by atoms with Crippen molar-refractivity contribution in [2.45, 2.75) is 19.5 Å². The van der Waals surface area contributed by atoms with Gasteiger partial charge in [-0.2, -0.15) is 5.10 Å². The van der Waals surface area contributed by atoms with Gasteiger partial charge in [0.1, 0.15) is 6.33 Å². The molecule has 2 aromatic heterocycles. The number of hydrogen-bond donors (Lipinski definition) is 2. The lowest BCUT2D eigenvalue weighted by Gasteiger charge is -2.24. The Kier molecular flexibility index (Phi) is 5.31. The molecule has 0 unspecified atom stereocenters. The van der Waals surface area contributed by atoms with Gasteiger partial charge in [0.25, 0.3) is 5.91 Å². The summed E-state index contributed by atoms with van der Waals surface area (Å²) in [5, 5.41) is 10.8. The third-order valence-electron chi connectivity index (χ3n) is 5.01. The fourth-order valence-electron chi connectivity index (χ4n) is 3.23. The van der Waals surface area contributed by atoms with Crippen molar-refractivity contribution in [1.82, 2.24) is 25.1 Å². The van der Waals surface area contributed by atoms with Crippen LogP contribution in [0.1, 0.15) is 34.6 Å². The van der Waals surface area contributed by atoms with Crippen molar-refractivity contribution in [3.8, 4) is 0 Å². The number of nitrogens with one attached hydrogen (secondary N) is 2. The number of fused-ring (bicyclic) bond motifs is 1. The van der Waals surface area contributed by atoms with Gasteiger partial charge in [-0.05, 0) is 55.9 Å². The van der Waals surface area contributed by atoms with Gasteiger partial charge in [0.05, 0.1) is 17.4 Å². The molecule has 0 aliphatic carbocycles. The zero-order valence-electron chi connectivity index (χ0n) is 16.3. The van der Waals surface area contributed by atoms with Crippen LogP contribution < -0.4 is 5.32 Å². The van der Waals surface area contributed by atoms with Crippen LogP contribution in [0.4, 0.5) is 5.69 Å². The zero-order valence-corrected chi connectivity index (χ0v) is 16.3. The number of benzene rings is 2. The SMILES string of the molecule is C[C@H](c1ccncn1)N(C)Cc1cccc(C(=O)Nc2ccc3[nH]ncc3c2)c1. The summed E-state index contributed by atoms with van der Waals surface area (Å²) in [4.78, 5) is 23.2. The van der Waals surface area contributed by atoms with Crippen molar-refractivity contribution in [2.75, 3.05) is 12.4 Å². The molecule has 2 aromatic carbocycles. The van der Waals surface area contributed by atoms with Crippen molar-refractivity contribution >= 4 is 22.5 Å². The van der Waals surface area contributed by atoms with Crippen molar-refractivity contribution < 1.29 is 4.79 Å². The quantitative estimate of drug-likeness (QED) is 0.526. The Morgan fingerprint density at radius 2 is 2.10 bits per heavy atom. The number of aromatic nitrogens is 4. The van der Waals surface area contributed by atoms with Crippen LogP contribution >= 0.6 is 0 Å². The lowest BCUT2D eigenvalue weighted by molar-refractivity contribution is 0.102. The van der Waals surface area contributed by atoms with Crippen molar-refractivity contribution in [2.24, 2.45) is 0 Å². The van der Waals surface area contributed by atoms with Gasteiger partial charge >= 0.3 is 0 Å². The number of aromatic amines is 1. The predicted molar refractivity (Wildman–Crippen MR) is 112 cm³/mol. The van der Waals surface area contributed by atoms with Gasteiger partial charge in [0.2, 0.25) is 0 Å². The van der Waals surface area contributed by atoms with Gasteiger partial charge in [0, 0.05) is 35.4 Å². The van der Waals surface area contributed by atoms with E-state index in [0.717, 1.165) is 27.8 Å². The van der Waals surface area contributed by atoms with Gasteiger partial charge in [-0.3, -0.25) is 14.8 Å². The van der Waals surface area contributed by atoms with Gasteiger partial charge in [-0.1, -0.05) is 12.1 Å². The average Bonchev–Trinajstić information content (AvgIpc) is 3.22. The Bertz CT molecular complexity index is 1120. The Morgan fingerprint density at radius 1 is 1.21 bits per heavy atom. The normalized spacial score (nSPS) is 12.2. The molecular weight excluding hydrogens is 364 g/mol. The minimum absolute atomic E-state index is 0.136. The van der Waals surface area contributed by atoms with Gasteiger partial charge in [0.15, 0.2) is 0 Å². The van der Waals surface area contributed by atoms with Crippen LogP contribution in [-0.4, -0.2) is 38.0 Å². The summed E-state index contributed by atoms with van der Waals surface area (Å²) in [6.45, 7) is 2.80. The molecule has 0 aliphatic rings. The minimum Gasteiger partial charge on any atom is -0.322 e. The summed E-state index contributed by atoms with van der Waals surface area (Å²) < 4.78 is 0. The smallest absolute Gasteiger partial charge is 0.255 e. The fourth-order valence-corrected chi connectivity index (χ4v) is 3.23. The van der Waals surface area contributed by atoms with Gasteiger partial charge in [-0.25, -0.2) is 9.97 Å². The van der Waals surface area contributed by atoms with E-state index in [4.69, 9.17) is 0 Å². The predicted octanol–water partition coefficient (Wildman–Crippen LogP) is 3.80. The summed E-state index contributed by atoms with van der Waals surface area (Å²) in [5.74, 6) is -0.138. The van der Waals surface area contributed by atoms with Crippen LogP contribution in [-0.2, 0) is 6.54 Å². The molecule has 4 rings (SSSR count). The molecule has 29 heavy (non-hydrogen) atoms. The number of rotatable bonds is 6. The van der Waals surface area contributed by atoms with Crippen LogP contribution in [0.5, 0.6) is 0 Å². The maximum atomic E-state index is 12.7. The van der Waals surface area contributed by atoms with Crippen molar-refractivity contribution in [3.63, 3.8) is 0 Å². The van der Waals surface area contributed by atoms with Crippen molar-refractivity contribution in [1.29, 1.82) is 0 Å². The van der Waals surface area contributed by atoms with E-state index in [9.17, 15) is 4.79 Å². The number of nitrogens with zero attached hydrogens (tertiary/aromatic N) is 4. The summed E-state index contributed by atoms with van der Waals surface area (Å²) in [6, 6.07) is 15.4. The molecule has 0 radical (unpaired) electrons. The molecule has 0 fully saturated rings. The molecule has 0 saturated heterocycles. The second-order valence-corrected chi connectivity index (χ2v) is 7.05. The number of anilines is 1. The van der Waals surface area contributed by atoms with Crippen molar-refractivity contribution in [3.05, 3.63) is 84.1 Å². The van der Waals surface area contributed by atoms with E-state index < -0.39 is 0 Å². The highest BCUT2D eigenvalue weighted by Crippen LogP contribution is 2.20. The summed E-state index contributed by atoms with van der Waals surface area (Å²) in [5.41, 5.74) is 4.32. The fraction of sp³-hybridized carbons (Fsp3) is 0.182. The topological polar surface area (TPSA) is 86.8 Å². The van der Waals surface area contributed by atoms with E-state index >= 15 is 0 Å². The van der Waals surface area contributed by atoms with E-state index in [1.54, 1.807) is 18.7 Å². The van der Waals surface area contributed by atoms with Gasteiger partial charge in [-0.15, -0.1) is 0 Å². The molecule has 0 bridgehead atoms. The van der Waals surface area contributed by atoms with E-state index in [-0.39, 0.29) is 11.9 Å². The monoisotopic (exact) mass is 386 g/mol. The molecule has 2 N–H and O–H groups in total. The number of H-pyrrole nitrogens is 1. The molecule has 4 aromatic rings. The maximum absolute atomic E-state index is 12.7. The highest BCUT2D eigenvalue weighted by molar-refractivity contribution is 6.05. The molecule has 0 aliphatic heterocycles. The summed E-state index contributed by atoms with van der Waals surface area (Å²) >= 11 is 0. The highest BCUT2D eigenvalue weighted by Gasteiger charge is 2.14. The molecule has 1 amide bonds. The lowest BCUT2D eigenvalue weighted by atomic mass is 10.1.